The number of hydrogen-bond acceptors (Lipinski definition) is 5. The highest BCUT2D eigenvalue weighted by atomic mass is 127. The molecule has 0 bridgehead atoms. The molecule has 0 unspecified atom stereocenters. The third-order valence-corrected chi connectivity index (χ3v) is 3.38. The first-order valence-corrected chi connectivity index (χ1v) is 9.33. The highest BCUT2D eigenvalue weighted by Gasteiger charge is 2.21. The lowest BCUT2D eigenvalue weighted by atomic mass is 10.1. The Hall–Kier alpha value is -1.61. The normalized spacial score (nSPS) is 10.7. The fraction of sp³-hybridized carbons (Fsp3) is 0.133. The van der Waals surface area contributed by atoms with E-state index in [1.807, 2.05) is 21.2 Å². The lowest BCUT2D eigenvalue weighted by Gasteiger charge is -2.14. The summed E-state index contributed by atoms with van der Waals surface area (Å²) >= 11 is 1.90. The highest BCUT2D eigenvalue weighted by Crippen LogP contribution is 2.37. The van der Waals surface area contributed by atoms with Gasteiger partial charge in [-0.1, -0.05) is 31.4 Å². The van der Waals surface area contributed by atoms with Gasteiger partial charge in [-0.05, 0) is 5.57 Å². The van der Waals surface area contributed by atoms with Crippen molar-refractivity contribution in [2.75, 3.05) is 13.7 Å². The molecule has 0 heterocycles. The van der Waals surface area contributed by atoms with E-state index in [2.05, 4.69) is 13.2 Å². The first-order chi connectivity index (χ1) is 10.6. The van der Waals surface area contributed by atoms with Crippen molar-refractivity contribution in [3.05, 3.63) is 54.7 Å². The van der Waals surface area contributed by atoms with E-state index in [1.165, 1.54) is 19.2 Å². The SMILES string of the molecule is C=C/C=C(\C=C)COc1cc(OC)cc(OSI)c1C(=O)O. The molecule has 7 heteroatoms. The standard InChI is InChI=1S/C15H15IO5S/c1-4-6-10(5-2)9-20-12-7-11(19-3)8-13(21-22-16)14(12)15(17)18/h4-8H,1-2,9H2,3H3,(H,17,18)/b10-6+. The van der Waals surface area contributed by atoms with Crippen molar-refractivity contribution in [3.8, 4) is 17.2 Å². The molecule has 1 rings (SSSR count). The van der Waals surface area contributed by atoms with E-state index in [4.69, 9.17) is 13.7 Å². The van der Waals surface area contributed by atoms with Gasteiger partial charge in [0.15, 0.2) is 5.75 Å². The second-order valence-electron chi connectivity index (χ2n) is 3.92. The number of methoxy groups -OCH3 is 1. The Morgan fingerprint density at radius 1 is 1.41 bits per heavy atom. The molecule has 0 atom stereocenters. The smallest absolute Gasteiger partial charge is 0.343 e. The summed E-state index contributed by atoms with van der Waals surface area (Å²) in [5.74, 6) is -0.391. The summed E-state index contributed by atoms with van der Waals surface area (Å²) in [6.07, 6.45) is 4.94. The number of halogens is 1. The molecule has 0 radical (unpaired) electrons. The molecule has 0 spiro atoms. The van der Waals surface area contributed by atoms with Gasteiger partial charge in [-0.2, -0.15) is 0 Å². The Balaban J connectivity index is 3.22. The summed E-state index contributed by atoms with van der Waals surface area (Å²) in [5.41, 5.74) is 0.701. The fourth-order valence-corrected chi connectivity index (χ4v) is 2.38. The molecule has 0 aliphatic heterocycles. The van der Waals surface area contributed by atoms with Crippen LogP contribution >= 0.6 is 30.4 Å². The molecule has 0 amide bonds. The zero-order valence-corrected chi connectivity index (χ0v) is 14.8. The third kappa shape index (κ3) is 4.99. The quantitative estimate of drug-likeness (QED) is 0.352. The second kappa shape index (κ2) is 9.42. The summed E-state index contributed by atoms with van der Waals surface area (Å²) in [7, 11) is 2.49. The van der Waals surface area contributed by atoms with Gasteiger partial charge in [0, 0.05) is 33.3 Å². The molecule has 0 aromatic heterocycles. The number of allylic oxidation sites excluding steroid dienone is 2. The Labute approximate surface area is 145 Å². The van der Waals surface area contributed by atoms with Crippen molar-refractivity contribution in [3.63, 3.8) is 0 Å². The van der Waals surface area contributed by atoms with Crippen LogP contribution in [0.5, 0.6) is 17.2 Å². The Kier molecular flexibility index (Phi) is 7.89. The molecule has 1 aromatic rings. The lowest BCUT2D eigenvalue weighted by molar-refractivity contribution is 0.0691. The maximum absolute atomic E-state index is 11.5. The van der Waals surface area contributed by atoms with Crippen molar-refractivity contribution in [1.82, 2.24) is 0 Å². The van der Waals surface area contributed by atoms with Crippen LogP contribution in [0.4, 0.5) is 0 Å². The minimum Gasteiger partial charge on any atom is -0.496 e. The maximum Gasteiger partial charge on any atom is 0.343 e. The lowest BCUT2D eigenvalue weighted by Crippen LogP contribution is -2.07. The monoisotopic (exact) mass is 434 g/mol. The van der Waals surface area contributed by atoms with Crippen molar-refractivity contribution < 1.29 is 23.6 Å². The molecule has 5 nitrogen and oxygen atoms in total. The van der Waals surface area contributed by atoms with E-state index < -0.39 is 5.97 Å². The molecule has 118 valence electrons. The minimum atomic E-state index is -1.15. The zero-order valence-electron chi connectivity index (χ0n) is 11.9. The minimum absolute atomic E-state index is 0.0630. The number of carboxylic acids is 1. The van der Waals surface area contributed by atoms with Gasteiger partial charge in [-0.25, -0.2) is 4.79 Å². The first-order valence-electron chi connectivity index (χ1n) is 6.04. The summed E-state index contributed by atoms with van der Waals surface area (Å²) < 4.78 is 16.0. The van der Waals surface area contributed by atoms with E-state index in [0.717, 1.165) is 14.8 Å². The van der Waals surface area contributed by atoms with Gasteiger partial charge < -0.3 is 18.8 Å². The number of hydrogen-bond donors (Lipinski definition) is 1. The summed E-state index contributed by atoms with van der Waals surface area (Å²) in [6.45, 7) is 7.41. The zero-order chi connectivity index (χ0) is 16.5. The number of carboxylic acid groups (broad SMARTS) is 1. The highest BCUT2D eigenvalue weighted by molar-refractivity contribution is 14.2. The van der Waals surface area contributed by atoms with Crippen LogP contribution in [0.25, 0.3) is 0 Å². The number of benzene rings is 1. The largest absolute Gasteiger partial charge is 0.496 e. The van der Waals surface area contributed by atoms with Crippen molar-refractivity contribution >= 4 is 36.4 Å². The van der Waals surface area contributed by atoms with Crippen LogP contribution in [0.15, 0.2) is 49.1 Å². The summed E-state index contributed by atoms with van der Waals surface area (Å²) in [4.78, 5) is 11.5. The van der Waals surface area contributed by atoms with E-state index >= 15 is 0 Å². The van der Waals surface area contributed by atoms with Crippen LogP contribution < -0.4 is 13.7 Å². The third-order valence-electron chi connectivity index (χ3n) is 2.60. The number of aromatic carboxylic acids is 1. The molecular formula is C15H15IO5S. The number of rotatable bonds is 9. The molecule has 1 aromatic carbocycles. The van der Waals surface area contributed by atoms with E-state index in [1.54, 1.807) is 18.2 Å². The van der Waals surface area contributed by atoms with Crippen LogP contribution in [0, 0.1) is 0 Å². The van der Waals surface area contributed by atoms with E-state index in [-0.39, 0.29) is 23.7 Å². The molecule has 0 fully saturated rings. The average molecular weight is 434 g/mol. The number of carbonyl (C=O) groups is 1. The van der Waals surface area contributed by atoms with Crippen LogP contribution in [0.2, 0.25) is 0 Å². The van der Waals surface area contributed by atoms with Gasteiger partial charge >= 0.3 is 5.97 Å². The molecule has 22 heavy (non-hydrogen) atoms. The van der Waals surface area contributed by atoms with Crippen molar-refractivity contribution in [2.45, 2.75) is 0 Å². The number of ether oxygens (including phenoxy) is 2. The molecule has 0 aliphatic rings. The van der Waals surface area contributed by atoms with Gasteiger partial charge in [-0.3, -0.25) is 0 Å². The van der Waals surface area contributed by atoms with E-state index in [9.17, 15) is 9.90 Å². The Morgan fingerprint density at radius 2 is 2.09 bits per heavy atom. The van der Waals surface area contributed by atoms with Gasteiger partial charge in [-0.15, -0.1) is 0 Å². The van der Waals surface area contributed by atoms with Gasteiger partial charge in [0.25, 0.3) is 0 Å². The fourth-order valence-electron chi connectivity index (χ4n) is 1.60. The van der Waals surface area contributed by atoms with Crippen LogP contribution in [-0.2, 0) is 0 Å². The van der Waals surface area contributed by atoms with Gasteiger partial charge in [0.1, 0.15) is 32.9 Å². The van der Waals surface area contributed by atoms with Crippen LogP contribution in [0.3, 0.4) is 0 Å². The van der Waals surface area contributed by atoms with Gasteiger partial charge in [0.05, 0.1) is 7.11 Å². The predicted molar refractivity (Wildman–Crippen MR) is 96.2 cm³/mol. The maximum atomic E-state index is 11.5. The van der Waals surface area contributed by atoms with E-state index in [0.29, 0.717) is 5.75 Å². The summed E-state index contributed by atoms with van der Waals surface area (Å²) in [5, 5.41) is 9.40. The molecule has 0 aliphatic carbocycles. The molecule has 1 N–H and O–H groups in total. The topological polar surface area (TPSA) is 65.0 Å². The van der Waals surface area contributed by atoms with Crippen molar-refractivity contribution in [2.24, 2.45) is 0 Å². The van der Waals surface area contributed by atoms with Crippen LogP contribution in [-0.4, -0.2) is 24.8 Å². The molecule has 0 saturated carbocycles. The first kappa shape index (κ1) is 18.4. The van der Waals surface area contributed by atoms with Crippen LogP contribution in [0.1, 0.15) is 10.4 Å². The molecule has 0 saturated heterocycles. The second-order valence-corrected chi connectivity index (χ2v) is 5.29. The molecular weight excluding hydrogens is 419 g/mol. The van der Waals surface area contributed by atoms with Gasteiger partial charge in [0.2, 0.25) is 0 Å². The Morgan fingerprint density at radius 3 is 2.59 bits per heavy atom. The van der Waals surface area contributed by atoms with Crippen molar-refractivity contribution in [1.29, 1.82) is 0 Å². The average Bonchev–Trinajstić information content (AvgIpc) is 2.50. The summed E-state index contributed by atoms with van der Waals surface area (Å²) in [6, 6.07) is 3.00. The Bertz CT molecular complexity index is 598. The predicted octanol–water partition coefficient (Wildman–Crippen LogP) is 4.45.